The highest BCUT2D eigenvalue weighted by Crippen LogP contribution is 2.38. The Morgan fingerprint density at radius 1 is 1.10 bits per heavy atom. The highest BCUT2D eigenvalue weighted by atomic mass is 32.2. The number of carbonyl (C=O) groups is 3. The van der Waals surface area contributed by atoms with Gasteiger partial charge in [-0.2, -0.15) is 0 Å². The minimum Gasteiger partial charge on any atom is -0.458 e. The van der Waals surface area contributed by atoms with E-state index in [2.05, 4.69) is 15.0 Å². The lowest BCUT2D eigenvalue weighted by atomic mass is 10.0. The van der Waals surface area contributed by atoms with E-state index in [0.717, 1.165) is 37.1 Å². The second-order valence-electron chi connectivity index (χ2n) is 6.70. The van der Waals surface area contributed by atoms with E-state index in [0.29, 0.717) is 0 Å². The third kappa shape index (κ3) is 5.89. The van der Waals surface area contributed by atoms with E-state index in [1.54, 1.807) is 0 Å². The Labute approximate surface area is 179 Å². The van der Waals surface area contributed by atoms with Gasteiger partial charge in [-0.3, -0.25) is 28.7 Å². The van der Waals surface area contributed by atoms with Gasteiger partial charge in [-0.15, -0.1) is 11.8 Å². The molecule has 1 aliphatic rings. The summed E-state index contributed by atoms with van der Waals surface area (Å²) in [5, 5.41) is 2.63. The van der Waals surface area contributed by atoms with Crippen molar-refractivity contribution in [3.05, 3.63) is 43.0 Å². The number of hydrogen-bond acceptors (Lipinski definition) is 10. The van der Waals surface area contributed by atoms with Gasteiger partial charge in [0.05, 0.1) is 6.04 Å². The van der Waals surface area contributed by atoms with Crippen LogP contribution in [0.15, 0.2) is 20.9 Å². The fraction of sp³-hybridized carbons (Fsp3) is 0.588. The number of esters is 3. The second kappa shape index (κ2) is 10.2. The molecule has 14 heteroatoms. The van der Waals surface area contributed by atoms with Crippen molar-refractivity contribution in [3.8, 4) is 0 Å². The van der Waals surface area contributed by atoms with Crippen LogP contribution in [-0.2, 0) is 28.6 Å². The van der Waals surface area contributed by atoms with Gasteiger partial charge in [0.1, 0.15) is 5.37 Å². The molecule has 5 atom stereocenters. The third-order valence-corrected chi connectivity index (χ3v) is 5.64. The SMILES string of the molecule is CC(=O)O[C@@H]1[C@@H](OC(C)=O)[C@H](n2cc(C)c(=O)[nH]c2=O)SC[C@H](N=[N+]=[N-])[C@H]1OC(C)=O. The van der Waals surface area contributed by atoms with Crippen LogP contribution < -0.4 is 11.2 Å². The molecule has 0 saturated carbocycles. The zero-order chi connectivity index (χ0) is 23.3. The summed E-state index contributed by atoms with van der Waals surface area (Å²) >= 11 is 1.04. The van der Waals surface area contributed by atoms with Crippen LogP contribution in [0.25, 0.3) is 10.4 Å². The lowest BCUT2D eigenvalue weighted by molar-refractivity contribution is -0.185. The molecule has 1 aromatic heterocycles. The summed E-state index contributed by atoms with van der Waals surface area (Å²) in [6.07, 6.45) is -2.74. The van der Waals surface area contributed by atoms with Crippen LogP contribution in [0.1, 0.15) is 31.7 Å². The summed E-state index contributed by atoms with van der Waals surface area (Å²) in [7, 11) is 0. The summed E-state index contributed by atoms with van der Waals surface area (Å²) in [6.45, 7) is 4.81. The Hall–Kier alpha value is -3.25. The molecular weight excluding hydrogens is 434 g/mol. The Kier molecular flexibility index (Phi) is 7.89. The molecule has 1 aliphatic heterocycles. The average Bonchev–Trinajstić information content (AvgIpc) is 2.77. The van der Waals surface area contributed by atoms with Gasteiger partial charge in [-0.1, -0.05) is 5.11 Å². The first kappa shape index (κ1) is 24.0. The van der Waals surface area contributed by atoms with Crippen LogP contribution in [0.5, 0.6) is 0 Å². The topological polar surface area (TPSA) is 183 Å². The van der Waals surface area contributed by atoms with Crippen LogP contribution in [0.2, 0.25) is 0 Å². The number of hydrogen-bond donors (Lipinski definition) is 1. The molecule has 1 N–H and O–H groups in total. The van der Waals surface area contributed by atoms with Crippen molar-refractivity contribution in [2.45, 2.75) is 57.4 Å². The van der Waals surface area contributed by atoms with Gasteiger partial charge in [0.15, 0.2) is 18.3 Å². The second-order valence-corrected chi connectivity index (χ2v) is 7.85. The molecule has 13 nitrogen and oxygen atoms in total. The predicted molar refractivity (Wildman–Crippen MR) is 107 cm³/mol. The van der Waals surface area contributed by atoms with Gasteiger partial charge in [0, 0.05) is 43.2 Å². The van der Waals surface area contributed by atoms with Crippen molar-refractivity contribution in [2.24, 2.45) is 5.11 Å². The van der Waals surface area contributed by atoms with Gasteiger partial charge < -0.3 is 14.2 Å². The van der Waals surface area contributed by atoms with Crippen molar-refractivity contribution < 1.29 is 28.6 Å². The maximum Gasteiger partial charge on any atom is 0.329 e. The van der Waals surface area contributed by atoms with Gasteiger partial charge in [-0.05, 0) is 12.5 Å². The average molecular weight is 455 g/mol. The number of aryl methyl sites for hydroxylation is 1. The number of rotatable bonds is 5. The van der Waals surface area contributed by atoms with E-state index >= 15 is 0 Å². The third-order valence-electron chi connectivity index (χ3n) is 4.27. The molecule has 0 spiro atoms. The Morgan fingerprint density at radius 3 is 2.19 bits per heavy atom. The van der Waals surface area contributed by atoms with Crippen molar-refractivity contribution in [1.82, 2.24) is 9.55 Å². The maximum absolute atomic E-state index is 12.5. The molecule has 1 fully saturated rings. The van der Waals surface area contributed by atoms with Crippen LogP contribution >= 0.6 is 11.8 Å². The van der Waals surface area contributed by atoms with Gasteiger partial charge in [0.2, 0.25) is 0 Å². The van der Waals surface area contributed by atoms with Crippen molar-refractivity contribution in [2.75, 3.05) is 5.75 Å². The van der Waals surface area contributed by atoms with Gasteiger partial charge in [0.25, 0.3) is 5.56 Å². The summed E-state index contributed by atoms with van der Waals surface area (Å²) in [5.74, 6) is -2.27. The standard InChI is InChI=1S/C17H21N5O8S/c1-7-5-22(17(27)19-15(7)26)16-14(30-10(4)25)13(29-9(3)24)12(28-8(2)23)11(6-31-16)20-21-18/h5,11-14,16H,6H2,1-4H3,(H,19,26,27)/t11-,12+,13-,14+,16+/m0/s1. The Balaban J connectivity index is 2.72. The van der Waals surface area contributed by atoms with E-state index in [1.807, 2.05) is 0 Å². The van der Waals surface area contributed by atoms with E-state index in [9.17, 15) is 24.0 Å². The number of nitrogens with one attached hydrogen (secondary N) is 1. The number of aromatic nitrogens is 2. The molecule has 1 aromatic rings. The van der Waals surface area contributed by atoms with Crippen molar-refractivity contribution in [3.63, 3.8) is 0 Å². The van der Waals surface area contributed by atoms with Crippen LogP contribution in [0.4, 0.5) is 0 Å². The number of ether oxygens (including phenoxy) is 3. The van der Waals surface area contributed by atoms with Crippen molar-refractivity contribution in [1.29, 1.82) is 0 Å². The molecule has 0 amide bonds. The molecule has 0 aliphatic carbocycles. The zero-order valence-electron chi connectivity index (χ0n) is 17.1. The lowest BCUT2D eigenvalue weighted by Gasteiger charge is -2.34. The van der Waals surface area contributed by atoms with Gasteiger partial charge >= 0.3 is 23.6 Å². The van der Waals surface area contributed by atoms with E-state index < -0.39 is 58.9 Å². The van der Waals surface area contributed by atoms with Crippen molar-refractivity contribution >= 4 is 29.7 Å². The van der Waals surface area contributed by atoms with Crippen LogP contribution in [0.3, 0.4) is 0 Å². The minimum atomic E-state index is -1.40. The first-order chi connectivity index (χ1) is 14.5. The molecule has 0 radical (unpaired) electrons. The maximum atomic E-state index is 12.5. The quantitative estimate of drug-likeness (QED) is 0.218. The largest absolute Gasteiger partial charge is 0.458 e. The molecule has 31 heavy (non-hydrogen) atoms. The summed E-state index contributed by atoms with van der Waals surface area (Å²) in [6, 6.07) is -1.01. The van der Waals surface area contributed by atoms with E-state index in [1.165, 1.54) is 13.1 Å². The number of nitrogens with zero attached hydrogens (tertiary/aromatic N) is 4. The summed E-state index contributed by atoms with van der Waals surface area (Å²) < 4.78 is 17.2. The molecule has 2 heterocycles. The molecule has 0 bridgehead atoms. The predicted octanol–water partition coefficient (Wildman–Crippen LogP) is 0.564. The molecular formula is C17H21N5O8S. The lowest BCUT2D eigenvalue weighted by Crippen LogP contribution is -2.51. The normalized spacial score (nSPS) is 25.5. The summed E-state index contributed by atoms with van der Waals surface area (Å²) in [4.78, 5) is 64.6. The number of H-pyrrole nitrogens is 1. The number of carbonyl (C=O) groups excluding carboxylic acids is 3. The number of thioether (sulfide) groups is 1. The molecule has 2 rings (SSSR count). The van der Waals surface area contributed by atoms with E-state index in [-0.39, 0.29) is 11.3 Å². The first-order valence-electron chi connectivity index (χ1n) is 9.04. The highest BCUT2D eigenvalue weighted by molar-refractivity contribution is 7.99. The number of azide groups is 1. The molecule has 168 valence electrons. The Morgan fingerprint density at radius 2 is 1.65 bits per heavy atom. The molecule has 0 aromatic carbocycles. The fourth-order valence-corrected chi connectivity index (χ4v) is 4.48. The monoisotopic (exact) mass is 455 g/mol. The van der Waals surface area contributed by atoms with Crippen LogP contribution in [-0.4, -0.2) is 57.6 Å². The first-order valence-corrected chi connectivity index (χ1v) is 10.1. The minimum absolute atomic E-state index is 0.0207. The highest BCUT2D eigenvalue weighted by Gasteiger charge is 2.49. The fourth-order valence-electron chi connectivity index (χ4n) is 3.11. The van der Waals surface area contributed by atoms with E-state index in [4.69, 9.17) is 19.7 Å². The zero-order valence-corrected chi connectivity index (χ0v) is 18.0. The number of aromatic amines is 1. The van der Waals surface area contributed by atoms with Crippen LogP contribution in [0, 0.1) is 6.92 Å². The van der Waals surface area contributed by atoms with Gasteiger partial charge in [-0.25, -0.2) is 4.79 Å². The smallest absolute Gasteiger partial charge is 0.329 e. The Bertz CT molecular complexity index is 1030. The molecule has 0 unspecified atom stereocenters. The summed E-state index contributed by atoms with van der Waals surface area (Å²) in [5.41, 5.74) is 7.78. The molecule has 1 saturated heterocycles.